The molecule has 2 rings (SSSR count). The van der Waals surface area contributed by atoms with Crippen molar-refractivity contribution in [3.8, 4) is 0 Å². The zero-order chi connectivity index (χ0) is 15.9. The standard InChI is InChI=1S/C18H20O4/c1-3-21-17(19)10-9-14-12-15(18(20)22-4-2)11-13-7-5-6-8-16(13)14/h5-8,11-12H,3-4,9-10H2,1-2H3. The molecular formula is C18H20O4. The summed E-state index contributed by atoms with van der Waals surface area (Å²) in [7, 11) is 0. The van der Waals surface area contributed by atoms with Gasteiger partial charge in [0.1, 0.15) is 0 Å². The predicted octanol–water partition coefficient (Wildman–Crippen LogP) is 3.51. The molecule has 0 fully saturated rings. The second-order valence-corrected chi connectivity index (χ2v) is 4.88. The molecule has 0 aromatic heterocycles. The van der Waals surface area contributed by atoms with E-state index in [2.05, 4.69) is 0 Å². The molecule has 0 aliphatic rings. The zero-order valence-electron chi connectivity index (χ0n) is 12.9. The van der Waals surface area contributed by atoms with E-state index in [1.807, 2.05) is 30.3 Å². The SMILES string of the molecule is CCOC(=O)CCc1cc(C(=O)OCC)cc2ccccc12. The van der Waals surface area contributed by atoms with Crippen molar-refractivity contribution in [1.82, 2.24) is 0 Å². The van der Waals surface area contributed by atoms with Gasteiger partial charge in [-0.1, -0.05) is 24.3 Å². The van der Waals surface area contributed by atoms with Crippen LogP contribution in [0.2, 0.25) is 0 Å². The third-order valence-corrected chi connectivity index (χ3v) is 3.36. The number of fused-ring (bicyclic) bond motifs is 1. The fourth-order valence-electron chi connectivity index (χ4n) is 2.40. The molecule has 4 nitrogen and oxygen atoms in total. The van der Waals surface area contributed by atoms with Gasteiger partial charge in [0.15, 0.2) is 0 Å². The Bertz CT molecular complexity index is 676. The first-order valence-corrected chi connectivity index (χ1v) is 7.50. The van der Waals surface area contributed by atoms with E-state index in [0.29, 0.717) is 31.6 Å². The molecule has 116 valence electrons. The molecule has 0 N–H and O–H groups in total. The van der Waals surface area contributed by atoms with Gasteiger partial charge in [0.25, 0.3) is 0 Å². The number of benzene rings is 2. The second-order valence-electron chi connectivity index (χ2n) is 4.88. The van der Waals surface area contributed by atoms with Gasteiger partial charge in [-0.15, -0.1) is 0 Å². The molecule has 0 aliphatic carbocycles. The molecule has 0 radical (unpaired) electrons. The molecule has 0 unspecified atom stereocenters. The molecule has 4 heteroatoms. The van der Waals surface area contributed by atoms with Crippen LogP contribution in [0.5, 0.6) is 0 Å². The number of hydrogen-bond donors (Lipinski definition) is 0. The molecule has 0 saturated carbocycles. The largest absolute Gasteiger partial charge is 0.466 e. The number of esters is 2. The highest BCUT2D eigenvalue weighted by Crippen LogP contribution is 2.23. The third-order valence-electron chi connectivity index (χ3n) is 3.36. The smallest absolute Gasteiger partial charge is 0.338 e. The number of hydrogen-bond acceptors (Lipinski definition) is 4. The van der Waals surface area contributed by atoms with Crippen LogP contribution in [0.25, 0.3) is 10.8 Å². The lowest BCUT2D eigenvalue weighted by Gasteiger charge is -2.10. The number of carbonyl (C=O) groups excluding carboxylic acids is 2. The minimum Gasteiger partial charge on any atom is -0.466 e. The minimum atomic E-state index is -0.342. The molecule has 2 aromatic carbocycles. The Morgan fingerprint density at radius 3 is 2.45 bits per heavy atom. The van der Waals surface area contributed by atoms with Gasteiger partial charge in [0, 0.05) is 6.42 Å². The van der Waals surface area contributed by atoms with Crippen molar-refractivity contribution >= 4 is 22.7 Å². The van der Waals surface area contributed by atoms with Crippen molar-refractivity contribution in [2.24, 2.45) is 0 Å². The quantitative estimate of drug-likeness (QED) is 0.766. The van der Waals surface area contributed by atoms with Crippen LogP contribution in [0.15, 0.2) is 36.4 Å². The molecule has 2 aromatic rings. The van der Waals surface area contributed by atoms with Crippen LogP contribution in [0.4, 0.5) is 0 Å². The van der Waals surface area contributed by atoms with Crippen LogP contribution >= 0.6 is 0 Å². The van der Waals surface area contributed by atoms with Crippen LogP contribution < -0.4 is 0 Å². The van der Waals surface area contributed by atoms with E-state index >= 15 is 0 Å². The Balaban J connectivity index is 2.33. The molecule has 0 atom stereocenters. The monoisotopic (exact) mass is 300 g/mol. The van der Waals surface area contributed by atoms with E-state index in [0.717, 1.165) is 16.3 Å². The number of rotatable bonds is 6. The molecule has 0 bridgehead atoms. The van der Waals surface area contributed by atoms with Crippen LogP contribution in [0.1, 0.15) is 36.2 Å². The van der Waals surface area contributed by atoms with Crippen molar-refractivity contribution < 1.29 is 19.1 Å². The van der Waals surface area contributed by atoms with Crippen LogP contribution in [0.3, 0.4) is 0 Å². The minimum absolute atomic E-state index is 0.229. The Kier molecular flexibility index (Phi) is 5.53. The number of aryl methyl sites for hydroxylation is 1. The fourth-order valence-corrected chi connectivity index (χ4v) is 2.40. The molecule has 0 spiro atoms. The van der Waals surface area contributed by atoms with E-state index in [1.165, 1.54) is 0 Å². The lowest BCUT2D eigenvalue weighted by atomic mass is 9.97. The van der Waals surface area contributed by atoms with E-state index in [9.17, 15) is 9.59 Å². The summed E-state index contributed by atoms with van der Waals surface area (Å²) in [5.41, 5.74) is 1.47. The van der Waals surface area contributed by atoms with E-state index in [4.69, 9.17) is 9.47 Å². The summed E-state index contributed by atoms with van der Waals surface area (Å²) in [5, 5.41) is 2.01. The lowest BCUT2D eigenvalue weighted by molar-refractivity contribution is -0.143. The van der Waals surface area contributed by atoms with Crippen molar-refractivity contribution in [3.05, 3.63) is 47.5 Å². The maximum absolute atomic E-state index is 12.0. The van der Waals surface area contributed by atoms with Gasteiger partial charge in [-0.05, 0) is 48.7 Å². The number of carbonyl (C=O) groups is 2. The van der Waals surface area contributed by atoms with Gasteiger partial charge in [0.05, 0.1) is 18.8 Å². The highest BCUT2D eigenvalue weighted by atomic mass is 16.5. The summed E-state index contributed by atoms with van der Waals surface area (Å²) >= 11 is 0. The van der Waals surface area contributed by atoms with Crippen LogP contribution in [-0.4, -0.2) is 25.2 Å². The Labute approximate surface area is 130 Å². The summed E-state index contributed by atoms with van der Waals surface area (Å²) in [5.74, 6) is -0.571. The van der Waals surface area contributed by atoms with Crippen molar-refractivity contribution in [3.63, 3.8) is 0 Å². The van der Waals surface area contributed by atoms with Gasteiger partial charge in [0.2, 0.25) is 0 Å². The van der Waals surface area contributed by atoms with Gasteiger partial charge >= 0.3 is 11.9 Å². The van der Waals surface area contributed by atoms with Crippen LogP contribution in [0, 0.1) is 0 Å². The van der Waals surface area contributed by atoms with E-state index < -0.39 is 0 Å². The summed E-state index contributed by atoms with van der Waals surface area (Å²) in [4.78, 5) is 23.5. The molecule has 0 heterocycles. The summed E-state index contributed by atoms with van der Waals surface area (Å²) in [6, 6.07) is 11.4. The lowest BCUT2D eigenvalue weighted by Crippen LogP contribution is -2.08. The average Bonchev–Trinajstić information content (AvgIpc) is 2.53. The molecule has 0 amide bonds. The molecule has 22 heavy (non-hydrogen) atoms. The first-order chi connectivity index (χ1) is 10.7. The average molecular weight is 300 g/mol. The summed E-state index contributed by atoms with van der Waals surface area (Å²) in [6.07, 6.45) is 0.830. The second kappa shape index (κ2) is 7.59. The first-order valence-electron chi connectivity index (χ1n) is 7.50. The summed E-state index contributed by atoms with van der Waals surface area (Å²) < 4.78 is 10.0. The predicted molar refractivity (Wildman–Crippen MR) is 84.9 cm³/mol. The highest BCUT2D eigenvalue weighted by Gasteiger charge is 2.12. The fraction of sp³-hybridized carbons (Fsp3) is 0.333. The normalized spacial score (nSPS) is 10.5. The Hall–Kier alpha value is -2.36. The highest BCUT2D eigenvalue weighted by molar-refractivity contribution is 5.97. The van der Waals surface area contributed by atoms with Gasteiger partial charge < -0.3 is 9.47 Å². The van der Waals surface area contributed by atoms with E-state index in [1.54, 1.807) is 19.9 Å². The van der Waals surface area contributed by atoms with Crippen molar-refractivity contribution in [2.75, 3.05) is 13.2 Å². The Morgan fingerprint density at radius 2 is 1.73 bits per heavy atom. The first kappa shape index (κ1) is 16.0. The number of ether oxygens (including phenoxy) is 2. The topological polar surface area (TPSA) is 52.6 Å². The van der Waals surface area contributed by atoms with Gasteiger partial charge in [-0.3, -0.25) is 4.79 Å². The third kappa shape index (κ3) is 3.85. The summed E-state index contributed by atoms with van der Waals surface area (Å²) in [6.45, 7) is 4.28. The van der Waals surface area contributed by atoms with Crippen molar-refractivity contribution in [2.45, 2.75) is 26.7 Å². The Morgan fingerprint density at radius 1 is 1.00 bits per heavy atom. The zero-order valence-corrected chi connectivity index (χ0v) is 12.9. The molecule has 0 saturated heterocycles. The van der Waals surface area contributed by atoms with Gasteiger partial charge in [-0.25, -0.2) is 4.79 Å². The molecular weight excluding hydrogens is 280 g/mol. The maximum atomic E-state index is 12.0. The van der Waals surface area contributed by atoms with Gasteiger partial charge in [-0.2, -0.15) is 0 Å². The van der Waals surface area contributed by atoms with Crippen molar-refractivity contribution in [1.29, 1.82) is 0 Å². The van der Waals surface area contributed by atoms with Crippen LogP contribution in [-0.2, 0) is 20.7 Å². The molecule has 0 aliphatic heterocycles. The maximum Gasteiger partial charge on any atom is 0.338 e. The van der Waals surface area contributed by atoms with E-state index in [-0.39, 0.29) is 11.9 Å².